The van der Waals surface area contributed by atoms with Gasteiger partial charge >= 0.3 is 0 Å². The highest BCUT2D eigenvalue weighted by atomic mass is 16.6. The Hall–Kier alpha value is -1.95. The van der Waals surface area contributed by atoms with E-state index in [-0.39, 0.29) is 17.6 Å². The zero-order valence-electron chi connectivity index (χ0n) is 11.7. The second kappa shape index (κ2) is 6.00. The monoisotopic (exact) mass is 277 g/mol. The molecule has 1 aliphatic heterocycles. The van der Waals surface area contributed by atoms with Crippen molar-refractivity contribution in [2.75, 3.05) is 6.54 Å². The van der Waals surface area contributed by atoms with Crippen LogP contribution < -0.4 is 10.6 Å². The van der Waals surface area contributed by atoms with E-state index in [1.165, 1.54) is 18.2 Å². The molecule has 2 atom stereocenters. The van der Waals surface area contributed by atoms with E-state index in [0.717, 1.165) is 19.4 Å². The number of carbonyl (C=O) groups excluding carboxylic acids is 1. The van der Waals surface area contributed by atoms with E-state index in [2.05, 4.69) is 17.6 Å². The highest BCUT2D eigenvalue weighted by Crippen LogP contribution is 2.18. The molecule has 6 nitrogen and oxygen atoms in total. The van der Waals surface area contributed by atoms with Crippen LogP contribution in [0.3, 0.4) is 0 Å². The van der Waals surface area contributed by atoms with Crippen LogP contribution in [0, 0.1) is 17.0 Å². The predicted molar refractivity (Wildman–Crippen MR) is 75.8 cm³/mol. The summed E-state index contributed by atoms with van der Waals surface area (Å²) < 4.78 is 0. The molecule has 0 saturated carbocycles. The van der Waals surface area contributed by atoms with Crippen LogP contribution in [0.1, 0.15) is 35.7 Å². The first-order valence-corrected chi connectivity index (χ1v) is 6.76. The molecule has 1 amide bonds. The first kappa shape index (κ1) is 14.5. The van der Waals surface area contributed by atoms with Gasteiger partial charge in [-0.1, -0.05) is 0 Å². The minimum Gasteiger partial charge on any atom is -0.349 e. The van der Waals surface area contributed by atoms with Crippen molar-refractivity contribution in [3.05, 3.63) is 39.4 Å². The van der Waals surface area contributed by atoms with E-state index in [1.54, 1.807) is 6.92 Å². The number of hydrogen-bond acceptors (Lipinski definition) is 4. The first-order chi connectivity index (χ1) is 9.47. The number of amides is 1. The molecule has 1 fully saturated rings. The van der Waals surface area contributed by atoms with Gasteiger partial charge in [0.1, 0.15) is 0 Å². The van der Waals surface area contributed by atoms with Crippen molar-refractivity contribution < 1.29 is 9.72 Å². The highest BCUT2D eigenvalue weighted by molar-refractivity contribution is 5.96. The fraction of sp³-hybridized carbons (Fsp3) is 0.500. The van der Waals surface area contributed by atoms with Gasteiger partial charge in [-0.25, -0.2) is 0 Å². The minimum absolute atomic E-state index is 0.00883. The van der Waals surface area contributed by atoms with Crippen molar-refractivity contribution in [3.8, 4) is 0 Å². The van der Waals surface area contributed by atoms with Gasteiger partial charge in [-0.15, -0.1) is 0 Å². The maximum Gasteiger partial charge on any atom is 0.269 e. The normalized spacial score (nSPS) is 22.3. The number of nitro benzene ring substituents is 1. The van der Waals surface area contributed by atoms with Crippen LogP contribution in [0.15, 0.2) is 18.2 Å². The number of carbonyl (C=O) groups is 1. The van der Waals surface area contributed by atoms with Gasteiger partial charge in [0.2, 0.25) is 0 Å². The first-order valence-electron chi connectivity index (χ1n) is 6.76. The Balaban J connectivity index is 2.07. The van der Waals surface area contributed by atoms with Gasteiger partial charge in [0.25, 0.3) is 11.6 Å². The summed E-state index contributed by atoms with van der Waals surface area (Å²) >= 11 is 0. The number of benzene rings is 1. The molecule has 20 heavy (non-hydrogen) atoms. The van der Waals surface area contributed by atoms with E-state index in [4.69, 9.17) is 0 Å². The van der Waals surface area contributed by atoms with Gasteiger partial charge in [-0.2, -0.15) is 0 Å². The highest BCUT2D eigenvalue weighted by Gasteiger charge is 2.21. The fourth-order valence-electron chi connectivity index (χ4n) is 2.54. The second-order valence-corrected chi connectivity index (χ2v) is 5.31. The van der Waals surface area contributed by atoms with E-state index < -0.39 is 4.92 Å². The van der Waals surface area contributed by atoms with Crippen LogP contribution in [0.4, 0.5) is 5.69 Å². The van der Waals surface area contributed by atoms with Crippen LogP contribution in [-0.4, -0.2) is 29.5 Å². The zero-order valence-corrected chi connectivity index (χ0v) is 11.7. The Kier molecular flexibility index (Phi) is 4.34. The lowest BCUT2D eigenvalue weighted by atomic mass is 9.99. The molecule has 1 aromatic rings. The largest absolute Gasteiger partial charge is 0.349 e. The SMILES string of the molecule is Cc1cc([N+](=O)[O-])ccc1C(=O)NC1CCNC(C)C1. The summed E-state index contributed by atoms with van der Waals surface area (Å²) in [5, 5.41) is 17.0. The van der Waals surface area contributed by atoms with Crippen LogP contribution in [0.2, 0.25) is 0 Å². The van der Waals surface area contributed by atoms with Crippen molar-refractivity contribution in [2.45, 2.75) is 38.8 Å². The van der Waals surface area contributed by atoms with Crippen molar-refractivity contribution in [2.24, 2.45) is 0 Å². The van der Waals surface area contributed by atoms with Gasteiger partial charge in [-0.05, 0) is 44.9 Å². The maximum atomic E-state index is 12.2. The lowest BCUT2D eigenvalue weighted by Gasteiger charge is -2.28. The summed E-state index contributed by atoms with van der Waals surface area (Å²) in [6.07, 6.45) is 1.81. The van der Waals surface area contributed by atoms with Gasteiger partial charge in [0.05, 0.1) is 4.92 Å². The average Bonchev–Trinajstić information content (AvgIpc) is 2.38. The summed E-state index contributed by atoms with van der Waals surface area (Å²) in [4.78, 5) is 22.5. The lowest BCUT2D eigenvalue weighted by Crippen LogP contribution is -2.46. The van der Waals surface area contributed by atoms with Crippen molar-refractivity contribution in [1.82, 2.24) is 10.6 Å². The number of nitrogens with zero attached hydrogens (tertiary/aromatic N) is 1. The molecule has 0 spiro atoms. The van der Waals surface area contributed by atoms with E-state index >= 15 is 0 Å². The van der Waals surface area contributed by atoms with Gasteiger partial charge in [0.15, 0.2) is 0 Å². The molecule has 0 bridgehead atoms. The Morgan fingerprint density at radius 1 is 1.50 bits per heavy atom. The van der Waals surface area contributed by atoms with Crippen molar-refractivity contribution >= 4 is 11.6 Å². The molecule has 2 N–H and O–H groups in total. The van der Waals surface area contributed by atoms with Crippen molar-refractivity contribution in [1.29, 1.82) is 0 Å². The Morgan fingerprint density at radius 3 is 2.85 bits per heavy atom. The summed E-state index contributed by atoms with van der Waals surface area (Å²) in [6.45, 7) is 4.70. The van der Waals surface area contributed by atoms with Crippen molar-refractivity contribution in [3.63, 3.8) is 0 Å². The molecule has 2 rings (SSSR count). The summed E-state index contributed by atoms with van der Waals surface area (Å²) in [6, 6.07) is 4.88. The zero-order chi connectivity index (χ0) is 14.7. The van der Waals surface area contributed by atoms with Crippen LogP contribution in [0.25, 0.3) is 0 Å². The molecule has 0 radical (unpaired) electrons. The summed E-state index contributed by atoms with van der Waals surface area (Å²) in [5.41, 5.74) is 1.13. The average molecular weight is 277 g/mol. The molecule has 1 saturated heterocycles. The van der Waals surface area contributed by atoms with E-state index in [9.17, 15) is 14.9 Å². The predicted octanol–water partition coefficient (Wildman–Crippen LogP) is 1.77. The molecule has 1 heterocycles. The van der Waals surface area contributed by atoms with Gasteiger partial charge in [-0.3, -0.25) is 14.9 Å². The number of piperidine rings is 1. The second-order valence-electron chi connectivity index (χ2n) is 5.31. The fourth-order valence-corrected chi connectivity index (χ4v) is 2.54. The molecule has 0 aromatic heterocycles. The Bertz CT molecular complexity index is 530. The Morgan fingerprint density at radius 2 is 2.25 bits per heavy atom. The lowest BCUT2D eigenvalue weighted by molar-refractivity contribution is -0.384. The number of non-ortho nitro benzene ring substituents is 1. The molecular weight excluding hydrogens is 258 g/mol. The number of nitro groups is 1. The number of aryl methyl sites for hydroxylation is 1. The third-order valence-electron chi connectivity index (χ3n) is 3.62. The Labute approximate surface area is 117 Å². The topological polar surface area (TPSA) is 84.3 Å². The van der Waals surface area contributed by atoms with Gasteiger partial charge < -0.3 is 10.6 Å². The molecule has 108 valence electrons. The molecule has 1 aliphatic rings. The number of hydrogen-bond donors (Lipinski definition) is 2. The third-order valence-corrected chi connectivity index (χ3v) is 3.62. The summed E-state index contributed by atoms with van der Waals surface area (Å²) in [5.74, 6) is -0.156. The summed E-state index contributed by atoms with van der Waals surface area (Å²) in [7, 11) is 0. The minimum atomic E-state index is -0.455. The third kappa shape index (κ3) is 3.33. The maximum absolute atomic E-state index is 12.2. The van der Waals surface area contributed by atoms with Gasteiger partial charge in [0, 0.05) is 29.8 Å². The van der Waals surface area contributed by atoms with E-state index in [1.807, 2.05) is 0 Å². The van der Waals surface area contributed by atoms with Crippen LogP contribution >= 0.6 is 0 Å². The van der Waals surface area contributed by atoms with E-state index in [0.29, 0.717) is 17.2 Å². The standard InChI is InChI=1S/C14H19N3O3/c1-9-7-12(17(19)20)3-4-13(9)14(18)16-11-5-6-15-10(2)8-11/h3-4,7,10-11,15H,5-6,8H2,1-2H3,(H,16,18). The van der Waals surface area contributed by atoms with Crippen LogP contribution in [0.5, 0.6) is 0 Å². The molecular formula is C14H19N3O3. The molecule has 6 heteroatoms. The number of rotatable bonds is 3. The molecule has 1 aromatic carbocycles. The van der Waals surface area contributed by atoms with Crippen LogP contribution in [-0.2, 0) is 0 Å². The molecule has 2 unspecified atom stereocenters. The molecule has 0 aliphatic carbocycles. The quantitative estimate of drug-likeness (QED) is 0.651. The smallest absolute Gasteiger partial charge is 0.269 e. The number of nitrogens with one attached hydrogen (secondary N) is 2.